The molecule has 0 aliphatic heterocycles. The zero-order valence-electron chi connectivity index (χ0n) is 19.1. The largest absolute Gasteiger partial charge is 0.486 e. The highest BCUT2D eigenvalue weighted by Crippen LogP contribution is 2.51. The summed E-state index contributed by atoms with van der Waals surface area (Å²) in [6, 6.07) is 8.22. The maximum Gasteiger partial charge on any atom is 0.200 e. The van der Waals surface area contributed by atoms with Crippen LogP contribution in [0, 0.1) is 23.3 Å². The van der Waals surface area contributed by atoms with Gasteiger partial charge in [-0.25, -0.2) is 22.0 Å². The van der Waals surface area contributed by atoms with Crippen molar-refractivity contribution in [3.8, 4) is 16.9 Å². The predicted molar refractivity (Wildman–Crippen MR) is 123 cm³/mol. The Kier molecular flexibility index (Phi) is 7.24. The molecule has 1 nitrogen and oxygen atoms in total. The summed E-state index contributed by atoms with van der Waals surface area (Å²) >= 11 is 0. The number of hydrogen-bond donors (Lipinski definition) is 0. The van der Waals surface area contributed by atoms with Gasteiger partial charge in [-0.1, -0.05) is 49.8 Å². The van der Waals surface area contributed by atoms with E-state index in [0.29, 0.717) is 19.3 Å². The Labute approximate surface area is 200 Å². The van der Waals surface area contributed by atoms with Crippen LogP contribution in [0.5, 0.6) is 5.75 Å². The van der Waals surface area contributed by atoms with E-state index >= 15 is 13.2 Å². The third kappa shape index (κ3) is 4.44. The topological polar surface area (TPSA) is 9.23 Å². The normalized spacial score (nSPS) is 16.5. The van der Waals surface area contributed by atoms with E-state index in [0.717, 1.165) is 0 Å². The molecule has 0 N–H and O–H groups in total. The number of hydrogen-bond acceptors (Lipinski definition) is 1. The lowest BCUT2D eigenvalue weighted by atomic mass is 9.81. The molecule has 0 fully saturated rings. The molecule has 1 aliphatic rings. The first kappa shape index (κ1) is 24.9. The van der Waals surface area contributed by atoms with Crippen molar-refractivity contribution in [1.82, 2.24) is 0 Å². The van der Waals surface area contributed by atoms with E-state index < -0.39 is 59.1 Å². The van der Waals surface area contributed by atoms with Gasteiger partial charge in [-0.05, 0) is 47.6 Å². The second kappa shape index (κ2) is 10.2. The number of rotatable bonds is 8. The van der Waals surface area contributed by atoms with Crippen LogP contribution in [0.1, 0.15) is 59.9 Å². The Morgan fingerprint density at radius 1 is 0.743 bits per heavy atom. The minimum atomic E-state index is -2.43. The van der Waals surface area contributed by atoms with E-state index in [4.69, 9.17) is 4.74 Å². The molecular weight excluding hydrogens is 466 g/mol. The van der Waals surface area contributed by atoms with Crippen LogP contribution in [0.4, 0.5) is 26.3 Å². The lowest BCUT2D eigenvalue weighted by Gasteiger charge is -2.28. The van der Waals surface area contributed by atoms with Crippen molar-refractivity contribution in [3.63, 3.8) is 0 Å². The first-order valence-corrected chi connectivity index (χ1v) is 11.4. The van der Waals surface area contributed by atoms with Gasteiger partial charge in [-0.2, -0.15) is 4.39 Å². The van der Waals surface area contributed by atoms with Crippen molar-refractivity contribution in [2.75, 3.05) is 0 Å². The molecule has 2 unspecified atom stereocenters. The lowest BCUT2D eigenvalue weighted by molar-refractivity contribution is 0.159. The fraction of sp³-hybridized carbons (Fsp3) is 0.286. The zero-order chi connectivity index (χ0) is 25.3. The van der Waals surface area contributed by atoms with Crippen LogP contribution in [0.2, 0.25) is 0 Å². The highest BCUT2D eigenvalue weighted by molar-refractivity contribution is 5.76. The maximum absolute atomic E-state index is 15.3. The number of aryl methyl sites for hydroxylation is 2. The first-order chi connectivity index (χ1) is 16.8. The average molecular weight is 490 g/mol. The molecule has 0 saturated heterocycles. The Hall–Kier alpha value is -3.22. The zero-order valence-corrected chi connectivity index (χ0v) is 19.1. The molecule has 0 saturated carbocycles. The van der Waals surface area contributed by atoms with Gasteiger partial charge in [0.15, 0.2) is 23.9 Å². The second-order valence-electron chi connectivity index (χ2n) is 8.52. The van der Waals surface area contributed by atoms with Crippen molar-refractivity contribution >= 4 is 0 Å². The van der Waals surface area contributed by atoms with E-state index in [1.54, 1.807) is 6.08 Å². The molecular formula is C28H24F6O. The van der Waals surface area contributed by atoms with Crippen LogP contribution in [0.15, 0.2) is 49.1 Å². The minimum absolute atomic E-state index is 0.0494. The number of ether oxygens (including phenoxy) is 1. The molecule has 0 heterocycles. The first-order valence-electron chi connectivity index (χ1n) is 11.4. The van der Waals surface area contributed by atoms with Gasteiger partial charge < -0.3 is 4.74 Å². The van der Waals surface area contributed by atoms with E-state index in [1.807, 2.05) is 6.92 Å². The molecule has 7 heteroatoms. The summed E-state index contributed by atoms with van der Waals surface area (Å²) in [5.41, 5.74) is -0.548. The molecule has 184 valence electrons. The molecule has 0 aromatic heterocycles. The Bertz CT molecular complexity index is 1270. The van der Waals surface area contributed by atoms with Crippen LogP contribution in [-0.2, 0) is 19.4 Å². The fourth-order valence-electron chi connectivity index (χ4n) is 4.44. The van der Waals surface area contributed by atoms with Crippen LogP contribution in [0.3, 0.4) is 0 Å². The van der Waals surface area contributed by atoms with Gasteiger partial charge in [0.05, 0.1) is 0 Å². The van der Waals surface area contributed by atoms with Crippen molar-refractivity contribution in [2.24, 2.45) is 0 Å². The number of fused-ring (bicyclic) bond motifs is 3. The monoisotopic (exact) mass is 490 g/mol. The number of allylic oxidation sites excluding steroid dienone is 1. The molecule has 0 spiro atoms. The number of alkyl halides is 2. The van der Waals surface area contributed by atoms with Crippen molar-refractivity contribution in [2.45, 2.75) is 51.6 Å². The Morgan fingerprint density at radius 3 is 1.89 bits per heavy atom. The standard InChI is InChI=1S/C28H24F6O/c1-3-5-7-16-10-13-20(26(32)25(16)31)35-14-17-9-12-19-18-11-8-15(6-4-2)23(29)21(18)27(33)28(34)22(19)24(17)30/h3,8-13,27-28H,1,4-7,14H2,2H3. The summed E-state index contributed by atoms with van der Waals surface area (Å²) in [7, 11) is 0. The van der Waals surface area contributed by atoms with Crippen molar-refractivity contribution < 1.29 is 31.1 Å². The summed E-state index contributed by atoms with van der Waals surface area (Å²) < 4.78 is 94.3. The summed E-state index contributed by atoms with van der Waals surface area (Å²) in [5, 5.41) is 0. The molecule has 3 aromatic rings. The quantitative estimate of drug-likeness (QED) is 0.227. The van der Waals surface area contributed by atoms with Gasteiger partial charge in [0.25, 0.3) is 0 Å². The molecule has 35 heavy (non-hydrogen) atoms. The van der Waals surface area contributed by atoms with Crippen molar-refractivity contribution in [1.29, 1.82) is 0 Å². The van der Waals surface area contributed by atoms with E-state index in [9.17, 15) is 13.2 Å². The molecule has 0 amide bonds. The van der Waals surface area contributed by atoms with Crippen LogP contribution in [0.25, 0.3) is 11.1 Å². The molecule has 0 radical (unpaired) electrons. The van der Waals surface area contributed by atoms with Gasteiger partial charge in [0, 0.05) is 16.7 Å². The van der Waals surface area contributed by atoms with E-state index in [-0.39, 0.29) is 34.2 Å². The molecule has 0 bridgehead atoms. The molecule has 1 aliphatic carbocycles. The highest BCUT2D eigenvalue weighted by atomic mass is 19.2. The molecule has 2 atom stereocenters. The Morgan fingerprint density at radius 2 is 1.29 bits per heavy atom. The van der Waals surface area contributed by atoms with Gasteiger partial charge in [-0.3, -0.25) is 0 Å². The lowest BCUT2D eigenvalue weighted by Crippen LogP contribution is -2.17. The summed E-state index contributed by atoms with van der Waals surface area (Å²) in [6.07, 6.45) is -1.51. The SMILES string of the molecule is C=CCCc1ccc(OCc2ccc3c(c2F)C(F)C(F)c2c-3ccc(CCC)c2F)c(F)c1F. The van der Waals surface area contributed by atoms with E-state index in [1.165, 1.54) is 36.4 Å². The van der Waals surface area contributed by atoms with E-state index in [2.05, 4.69) is 6.58 Å². The third-order valence-electron chi connectivity index (χ3n) is 6.27. The van der Waals surface area contributed by atoms with Gasteiger partial charge in [0.2, 0.25) is 5.82 Å². The summed E-state index contributed by atoms with van der Waals surface area (Å²) in [4.78, 5) is 0. The van der Waals surface area contributed by atoms with Crippen molar-refractivity contribution in [3.05, 3.63) is 100 Å². The smallest absolute Gasteiger partial charge is 0.200 e. The van der Waals surface area contributed by atoms with Gasteiger partial charge in [-0.15, -0.1) is 6.58 Å². The number of halogens is 6. The molecule has 3 aromatic carbocycles. The fourth-order valence-corrected chi connectivity index (χ4v) is 4.44. The number of benzene rings is 3. The predicted octanol–water partition coefficient (Wildman–Crippen LogP) is 8.59. The van der Waals surface area contributed by atoms with Gasteiger partial charge in [0.1, 0.15) is 18.2 Å². The summed E-state index contributed by atoms with van der Waals surface area (Å²) in [6.45, 7) is 4.84. The Balaban J connectivity index is 1.65. The minimum Gasteiger partial charge on any atom is -0.486 e. The third-order valence-corrected chi connectivity index (χ3v) is 6.27. The van der Waals surface area contributed by atoms with Gasteiger partial charge >= 0.3 is 0 Å². The second-order valence-corrected chi connectivity index (χ2v) is 8.52. The van der Waals surface area contributed by atoms with Crippen LogP contribution in [-0.4, -0.2) is 0 Å². The molecule has 4 rings (SSSR count). The van der Waals surface area contributed by atoms with Crippen LogP contribution >= 0.6 is 0 Å². The summed E-state index contributed by atoms with van der Waals surface area (Å²) in [5.74, 6) is -4.60. The highest BCUT2D eigenvalue weighted by Gasteiger charge is 2.39. The maximum atomic E-state index is 15.3. The van der Waals surface area contributed by atoms with Crippen LogP contribution < -0.4 is 4.74 Å². The average Bonchev–Trinajstić information content (AvgIpc) is 2.84.